The minimum Gasteiger partial charge on any atom is -0.481 e. The predicted octanol–water partition coefficient (Wildman–Crippen LogP) is 2.36. The summed E-state index contributed by atoms with van der Waals surface area (Å²) in [7, 11) is 0. The van der Waals surface area contributed by atoms with Gasteiger partial charge in [-0.15, -0.1) is 6.58 Å². The Labute approximate surface area is 107 Å². The number of aliphatic carboxylic acids is 1. The molecule has 0 amide bonds. The minimum absolute atomic E-state index is 0.0161. The molecule has 0 unspecified atom stereocenters. The number of ketones is 1. The summed E-state index contributed by atoms with van der Waals surface area (Å²) in [5.41, 5.74) is 1.54. The third kappa shape index (κ3) is 4.05. The zero-order valence-electron chi connectivity index (χ0n) is 10.4. The lowest BCUT2D eigenvalue weighted by molar-refractivity contribution is -0.136. The van der Waals surface area contributed by atoms with Crippen molar-refractivity contribution in [1.29, 1.82) is 0 Å². The summed E-state index contributed by atoms with van der Waals surface area (Å²) in [5, 5.41) is 8.70. The quantitative estimate of drug-likeness (QED) is 0.593. The number of benzene rings is 1. The van der Waals surface area contributed by atoms with Gasteiger partial charge in [0, 0.05) is 24.3 Å². The van der Waals surface area contributed by atoms with E-state index in [0.717, 1.165) is 5.69 Å². The van der Waals surface area contributed by atoms with Crippen molar-refractivity contribution < 1.29 is 14.7 Å². The van der Waals surface area contributed by atoms with Gasteiger partial charge in [0.25, 0.3) is 0 Å². The maximum absolute atomic E-state index is 11.2. The smallest absolute Gasteiger partial charge is 0.305 e. The Morgan fingerprint density at radius 2 is 1.94 bits per heavy atom. The van der Waals surface area contributed by atoms with Crippen LogP contribution in [0.2, 0.25) is 0 Å². The molecule has 0 saturated heterocycles. The number of Topliss-reactive ketones (excluding diaryl/α,β-unsaturated/α-hetero) is 1. The van der Waals surface area contributed by atoms with E-state index in [1.54, 1.807) is 18.2 Å². The van der Waals surface area contributed by atoms with Crippen molar-refractivity contribution in [2.75, 3.05) is 18.0 Å². The van der Waals surface area contributed by atoms with Crippen LogP contribution in [0.3, 0.4) is 0 Å². The van der Waals surface area contributed by atoms with E-state index in [2.05, 4.69) is 6.58 Å². The Morgan fingerprint density at radius 1 is 1.33 bits per heavy atom. The Morgan fingerprint density at radius 3 is 2.39 bits per heavy atom. The van der Waals surface area contributed by atoms with Gasteiger partial charge in [-0.05, 0) is 31.2 Å². The molecule has 1 aromatic carbocycles. The summed E-state index contributed by atoms with van der Waals surface area (Å²) in [6.07, 6.45) is 1.79. The molecule has 0 saturated carbocycles. The van der Waals surface area contributed by atoms with E-state index in [0.29, 0.717) is 18.7 Å². The molecule has 4 nitrogen and oxygen atoms in total. The molecule has 0 heterocycles. The van der Waals surface area contributed by atoms with Crippen LogP contribution >= 0.6 is 0 Å². The second-order valence-electron chi connectivity index (χ2n) is 3.98. The maximum Gasteiger partial charge on any atom is 0.305 e. The first-order chi connectivity index (χ1) is 8.54. The van der Waals surface area contributed by atoms with Crippen LogP contribution in [0.5, 0.6) is 0 Å². The van der Waals surface area contributed by atoms with Gasteiger partial charge in [-0.1, -0.05) is 6.08 Å². The van der Waals surface area contributed by atoms with Gasteiger partial charge >= 0.3 is 5.97 Å². The number of anilines is 1. The fourth-order valence-electron chi connectivity index (χ4n) is 1.62. The topological polar surface area (TPSA) is 57.6 Å². The summed E-state index contributed by atoms with van der Waals surface area (Å²) in [6.45, 7) is 6.16. The first-order valence-electron chi connectivity index (χ1n) is 5.73. The lowest BCUT2D eigenvalue weighted by Crippen LogP contribution is -2.26. The molecule has 4 heteroatoms. The van der Waals surface area contributed by atoms with E-state index in [1.165, 1.54) is 6.92 Å². The third-order valence-corrected chi connectivity index (χ3v) is 2.58. The van der Waals surface area contributed by atoms with E-state index >= 15 is 0 Å². The summed E-state index contributed by atoms with van der Waals surface area (Å²) in [4.78, 5) is 23.7. The van der Waals surface area contributed by atoms with Crippen LogP contribution < -0.4 is 4.90 Å². The van der Waals surface area contributed by atoms with E-state index in [4.69, 9.17) is 5.11 Å². The highest BCUT2D eigenvalue weighted by atomic mass is 16.4. The van der Waals surface area contributed by atoms with Gasteiger partial charge in [0.05, 0.1) is 6.42 Å². The average molecular weight is 247 g/mol. The van der Waals surface area contributed by atoms with Crippen molar-refractivity contribution in [1.82, 2.24) is 0 Å². The number of carboxylic acid groups (broad SMARTS) is 1. The fraction of sp³-hybridized carbons (Fsp3) is 0.286. The fourth-order valence-corrected chi connectivity index (χ4v) is 1.62. The number of hydrogen-bond acceptors (Lipinski definition) is 3. The van der Waals surface area contributed by atoms with Crippen LogP contribution in [0.4, 0.5) is 5.69 Å². The highest BCUT2D eigenvalue weighted by Crippen LogP contribution is 2.16. The normalized spacial score (nSPS) is 9.83. The molecule has 0 radical (unpaired) electrons. The standard InChI is InChI=1S/C14H17NO3/c1-3-9-15(10-8-14(17)18)13-6-4-12(5-7-13)11(2)16/h3-7H,1,8-10H2,2H3,(H,17,18). The molecule has 1 rings (SSSR count). The number of nitrogens with zero attached hydrogens (tertiary/aromatic N) is 1. The number of carbonyl (C=O) groups is 2. The van der Waals surface area contributed by atoms with Crippen molar-refractivity contribution in [2.24, 2.45) is 0 Å². The van der Waals surface area contributed by atoms with Crippen LogP contribution in [0.15, 0.2) is 36.9 Å². The molecular weight excluding hydrogens is 230 g/mol. The predicted molar refractivity (Wildman–Crippen MR) is 71.1 cm³/mol. The summed E-state index contributed by atoms with van der Waals surface area (Å²) in [5.74, 6) is -0.813. The van der Waals surface area contributed by atoms with Crippen LogP contribution in [-0.2, 0) is 4.79 Å². The van der Waals surface area contributed by atoms with Crippen molar-refractivity contribution >= 4 is 17.4 Å². The van der Waals surface area contributed by atoms with Crippen LogP contribution in [0.1, 0.15) is 23.7 Å². The molecule has 18 heavy (non-hydrogen) atoms. The number of carboxylic acids is 1. The highest BCUT2D eigenvalue weighted by Gasteiger charge is 2.08. The number of rotatable bonds is 7. The molecule has 1 N–H and O–H groups in total. The number of hydrogen-bond donors (Lipinski definition) is 1. The second kappa shape index (κ2) is 6.59. The molecule has 0 aliphatic rings. The molecule has 0 aliphatic heterocycles. The third-order valence-electron chi connectivity index (χ3n) is 2.58. The van der Waals surface area contributed by atoms with E-state index < -0.39 is 5.97 Å². The molecule has 1 aromatic rings. The molecule has 0 aromatic heterocycles. The Hall–Kier alpha value is -2.10. The van der Waals surface area contributed by atoms with Crippen molar-refractivity contribution in [3.05, 3.63) is 42.5 Å². The van der Waals surface area contributed by atoms with E-state index in [9.17, 15) is 9.59 Å². The van der Waals surface area contributed by atoms with Gasteiger partial charge in [-0.2, -0.15) is 0 Å². The first-order valence-corrected chi connectivity index (χ1v) is 5.73. The van der Waals surface area contributed by atoms with Gasteiger partial charge < -0.3 is 10.0 Å². The van der Waals surface area contributed by atoms with Crippen molar-refractivity contribution in [3.63, 3.8) is 0 Å². The molecular formula is C14H17NO3. The van der Waals surface area contributed by atoms with Gasteiger partial charge in [-0.25, -0.2) is 0 Å². The van der Waals surface area contributed by atoms with Crippen molar-refractivity contribution in [3.8, 4) is 0 Å². The van der Waals surface area contributed by atoms with E-state index in [-0.39, 0.29) is 12.2 Å². The molecule has 0 fully saturated rings. The minimum atomic E-state index is -0.829. The van der Waals surface area contributed by atoms with Crippen LogP contribution in [0, 0.1) is 0 Å². The zero-order valence-corrected chi connectivity index (χ0v) is 10.4. The molecule has 0 aliphatic carbocycles. The molecule has 0 bridgehead atoms. The Kier molecular flexibility index (Phi) is 5.11. The van der Waals surface area contributed by atoms with Crippen LogP contribution in [0.25, 0.3) is 0 Å². The molecule has 96 valence electrons. The van der Waals surface area contributed by atoms with E-state index in [1.807, 2.05) is 17.0 Å². The highest BCUT2D eigenvalue weighted by molar-refractivity contribution is 5.94. The van der Waals surface area contributed by atoms with Gasteiger partial charge in [0.2, 0.25) is 0 Å². The molecule has 0 spiro atoms. The van der Waals surface area contributed by atoms with Crippen LogP contribution in [-0.4, -0.2) is 29.9 Å². The lowest BCUT2D eigenvalue weighted by atomic mass is 10.1. The first kappa shape index (κ1) is 14.0. The van der Waals surface area contributed by atoms with Gasteiger partial charge in [-0.3, -0.25) is 9.59 Å². The second-order valence-corrected chi connectivity index (χ2v) is 3.98. The summed E-state index contributed by atoms with van der Waals surface area (Å²) in [6, 6.07) is 7.13. The largest absolute Gasteiger partial charge is 0.481 e. The zero-order chi connectivity index (χ0) is 13.5. The lowest BCUT2D eigenvalue weighted by Gasteiger charge is -2.22. The maximum atomic E-state index is 11.2. The Balaban J connectivity index is 2.81. The molecule has 0 atom stereocenters. The Bertz CT molecular complexity index is 437. The average Bonchev–Trinajstić information content (AvgIpc) is 2.34. The van der Waals surface area contributed by atoms with Gasteiger partial charge in [0.15, 0.2) is 5.78 Å². The monoisotopic (exact) mass is 247 g/mol. The SMILES string of the molecule is C=CCN(CCC(=O)O)c1ccc(C(C)=O)cc1. The number of carbonyl (C=O) groups excluding carboxylic acids is 1. The summed E-state index contributed by atoms with van der Waals surface area (Å²) < 4.78 is 0. The summed E-state index contributed by atoms with van der Waals surface area (Å²) >= 11 is 0. The van der Waals surface area contributed by atoms with Crippen molar-refractivity contribution in [2.45, 2.75) is 13.3 Å². The van der Waals surface area contributed by atoms with Gasteiger partial charge in [0.1, 0.15) is 0 Å².